The Labute approximate surface area is 88.9 Å². The zero-order valence-electron chi connectivity index (χ0n) is 8.86. The van der Waals surface area contributed by atoms with E-state index in [1.54, 1.807) is 0 Å². The van der Waals surface area contributed by atoms with E-state index in [1.807, 2.05) is 0 Å². The topological polar surface area (TPSA) is 78.9 Å². The summed E-state index contributed by atoms with van der Waals surface area (Å²) < 4.78 is 14.3. The van der Waals surface area contributed by atoms with E-state index in [-0.39, 0.29) is 6.04 Å². The lowest BCUT2D eigenvalue weighted by atomic mass is 10.9. The Hall–Kier alpha value is -1.37. The van der Waals surface area contributed by atoms with Crippen LogP contribution in [0.2, 0.25) is 6.04 Å². The number of hydrogen-bond donors (Lipinski definition) is 0. The van der Waals surface area contributed by atoms with Crippen LogP contribution in [0.5, 0.6) is 0 Å². The highest BCUT2D eigenvalue weighted by Crippen LogP contribution is 2.16. The van der Waals surface area contributed by atoms with Crippen molar-refractivity contribution in [2.75, 3.05) is 0 Å². The van der Waals surface area contributed by atoms with E-state index in [1.165, 1.54) is 0 Å². The van der Waals surface area contributed by atoms with Crippen molar-refractivity contribution in [2.24, 2.45) is 0 Å². The first-order valence-corrected chi connectivity index (χ1v) is 6.12. The molecule has 6 nitrogen and oxygen atoms in total. The van der Waals surface area contributed by atoms with Crippen molar-refractivity contribution in [3.05, 3.63) is 6.92 Å². The predicted molar refractivity (Wildman–Crippen MR) is 51.2 cm³/mol. The first kappa shape index (κ1) is 13.6. The number of carbonyl (C=O) groups excluding carboxylic acids is 3. The Balaban J connectivity index is 4.81. The van der Waals surface area contributed by atoms with E-state index >= 15 is 0 Å². The summed E-state index contributed by atoms with van der Waals surface area (Å²) >= 11 is 0. The SMILES string of the molecule is [CH2]C[Si](OC(C)=O)(OC(C)=O)OC(C)=O. The van der Waals surface area contributed by atoms with Crippen LogP contribution in [0.1, 0.15) is 20.8 Å². The van der Waals surface area contributed by atoms with Crippen LogP contribution in [0.25, 0.3) is 0 Å². The van der Waals surface area contributed by atoms with Gasteiger partial charge in [0.1, 0.15) is 0 Å². The third-order valence-electron chi connectivity index (χ3n) is 1.20. The molecular weight excluding hydrogens is 220 g/mol. The summed E-state index contributed by atoms with van der Waals surface area (Å²) in [7, 11) is -3.62. The second-order valence-electron chi connectivity index (χ2n) is 2.71. The highest BCUT2D eigenvalue weighted by Gasteiger charge is 2.49. The van der Waals surface area contributed by atoms with Gasteiger partial charge >= 0.3 is 8.80 Å². The van der Waals surface area contributed by atoms with Crippen molar-refractivity contribution in [1.29, 1.82) is 0 Å². The second kappa shape index (κ2) is 5.49. The molecule has 0 rings (SSSR count). The Morgan fingerprint density at radius 1 is 0.933 bits per heavy atom. The third-order valence-corrected chi connectivity index (χ3v) is 3.61. The molecule has 0 aromatic heterocycles. The number of hydrogen-bond acceptors (Lipinski definition) is 6. The Bertz CT molecular complexity index is 234. The van der Waals surface area contributed by atoms with Crippen LogP contribution in [0.4, 0.5) is 0 Å². The van der Waals surface area contributed by atoms with Gasteiger partial charge in [0.25, 0.3) is 17.9 Å². The maximum atomic E-state index is 10.8. The molecule has 0 aliphatic rings. The molecule has 0 aromatic carbocycles. The van der Waals surface area contributed by atoms with Gasteiger partial charge in [-0.3, -0.25) is 14.4 Å². The van der Waals surface area contributed by atoms with Crippen LogP contribution in [0.15, 0.2) is 0 Å². The van der Waals surface area contributed by atoms with Gasteiger partial charge in [-0.1, -0.05) is 0 Å². The van der Waals surface area contributed by atoms with Gasteiger partial charge < -0.3 is 13.3 Å². The van der Waals surface area contributed by atoms with E-state index in [2.05, 4.69) is 6.92 Å². The van der Waals surface area contributed by atoms with Crippen LogP contribution in [-0.2, 0) is 27.7 Å². The van der Waals surface area contributed by atoms with Crippen molar-refractivity contribution < 1.29 is 27.7 Å². The van der Waals surface area contributed by atoms with E-state index in [0.29, 0.717) is 0 Å². The van der Waals surface area contributed by atoms with Crippen molar-refractivity contribution in [1.82, 2.24) is 0 Å². The Morgan fingerprint density at radius 2 is 1.20 bits per heavy atom. The zero-order valence-corrected chi connectivity index (χ0v) is 9.86. The van der Waals surface area contributed by atoms with Gasteiger partial charge in [-0.25, -0.2) is 0 Å². The summed E-state index contributed by atoms with van der Waals surface area (Å²) in [5, 5.41) is 0. The van der Waals surface area contributed by atoms with Crippen LogP contribution >= 0.6 is 0 Å². The molecule has 0 fully saturated rings. The van der Waals surface area contributed by atoms with Crippen molar-refractivity contribution in [3.8, 4) is 0 Å². The predicted octanol–water partition coefficient (Wildman–Crippen LogP) is 0.449. The number of rotatable bonds is 4. The minimum atomic E-state index is -3.62. The van der Waals surface area contributed by atoms with Crippen LogP contribution in [0, 0.1) is 6.92 Å². The Morgan fingerprint density at radius 3 is 1.33 bits per heavy atom. The van der Waals surface area contributed by atoms with Crippen LogP contribution in [0.3, 0.4) is 0 Å². The van der Waals surface area contributed by atoms with Gasteiger partial charge in [-0.15, -0.1) is 0 Å². The third kappa shape index (κ3) is 5.16. The number of carbonyl (C=O) groups is 3. The van der Waals surface area contributed by atoms with Gasteiger partial charge in [-0.2, -0.15) is 0 Å². The van der Waals surface area contributed by atoms with Gasteiger partial charge in [0.15, 0.2) is 0 Å². The molecule has 0 amide bonds. The maximum absolute atomic E-state index is 10.8. The van der Waals surface area contributed by atoms with Gasteiger partial charge in [-0.05, 0) is 6.92 Å². The zero-order chi connectivity index (χ0) is 12.1. The molecule has 1 radical (unpaired) electrons. The van der Waals surface area contributed by atoms with E-state index in [4.69, 9.17) is 13.3 Å². The average Bonchev–Trinajstić information content (AvgIpc) is 1.99. The Kier molecular flexibility index (Phi) is 4.99. The molecule has 0 heterocycles. The first-order chi connectivity index (χ1) is 6.81. The molecule has 7 heteroatoms. The molecular formula is C8H13O6Si. The molecule has 0 N–H and O–H groups in total. The van der Waals surface area contributed by atoms with E-state index < -0.39 is 26.7 Å². The second-order valence-corrected chi connectivity index (χ2v) is 5.19. The standard InChI is InChI=1S/C8H13O6Si/c1-5-15(12-6(2)9,13-7(3)10)14-8(4)11/h1,5H2,2-4H3. The van der Waals surface area contributed by atoms with Crippen molar-refractivity contribution in [2.45, 2.75) is 26.8 Å². The maximum Gasteiger partial charge on any atom is 0.705 e. The smallest absolute Gasteiger partial charge is 0.455 e. The summed E-state index contributed by atoms with van der Waals surface area (Å²) in [6.07, 6.45) is 0. The molecule has 0 aliphatic carbocycles. The normalized spacial score (nSPS) is 10.4. The summed E-state index contributed by atoms with van der Waals surface area (Å²) in [6, 6.07) is -0.0915. The molecule has 0 saturated heterocycles. The van der Waals surface area contributed by atoms with Gasteiger partial charge in [0, 0.05) is 20.8 Å². The average molecular weight is 233 g/mol. The van der Waals surface area contributed by atoms with Gasteiger partial charge in [0.05, 0.1) is 6.04 Å². The quantitative estimate of drug-likeness (QED) is 0.656. The molecule has 85 valence electrons. The van der Waals surface area contributed by atoms with E-state index in [0.717, 1.165) is 20.8 Å². The fraction of sp³-hybridized carbons (Fsp3) is 0.500. The van der Waals surface area contributed by atoms with Gasteiger partial charge in [0.2, 0.25) is 0 Å². The van der Waals surface area contributed by atoms with E-state index in [9.17, 15) is 14.4 Å². The molecule has 0 unspecified atom stereocenters. The lowest BCUT2D eigenvalue weighted by Gasteiger charge is -2.24. The molecule has 0 bridgehead atoms. The largest absolute Gasteiger partial charge is 0.705 e. The lowest BCUT2D eigenvalue weighted by molar-refractivity contribution is -0.147. The molecule has 15 heavy (non-hydrogen) atoms. The fourth-order valence-electron chi connectivity index (χ4n) is 0.873. The minimum Gasteiger partial charge on any atom is -0.455 e. The molecule has 0 atom stereocenters. The molecule has 0 aromatic rings. The summed E-state index contributed by atoms with van der Waals surface area (Å²) in [5.41, 5.74) is 0. The minimum absolute atomic E-state index is 0.0915. The fourth-order valence-corrected chi connectivity index (χ4v) is 2.62. The van der Waals surface area contributed by atoms with Crippen LogP contribution < -0.4 is 0 Å². The monoisotopic (exact) mass is 233 g/mol. The first-order valence-electron chi connectivity index (χ1n) is 4.19. The van der Waals surface area contributed by atoms with Crippen molar-refractivity contribution in [3.63, 3.8) is 0 Å². The molecule has 0 aliphatic heterocycles. The lowest BCUT2D eigenvalue weighted by Crippen LogP contribution is -2.48. The van der Waals surface area contributed by atoms with Crippen LogP contribution in [-0.4, -0.2) is 26.7 Å². The molecule has 0 saturated carbocycles. The summed E-state index contributed by atoms with van der Waals surface area (Å²) in [4.78, 5) is 32.4. The van der Waals surface area contributed by atoms with Crippen molar-refractivity contribution >= 4 is 26.7 Å². The summed E-state index contributed by atoms with van der Waals surface area (Å²) in [6.45, 7) is 6.84. The highest BCUT2D eigenvalue weighted by molar-refractivity contribution is 6.65. The highest BCUT2D eigenvalue weighted by atomic mass is 28.4. The summed E-state index contributed by atoms with van der Waals surface area (Å²) in [5.74, 6) is -2.06. The molecule has 0 spiro atoms.